The summed E-state index contributed by atoms with van der Waals surface area (Å²) in [6.45, 7) is 11.7. The van der Waals surface area contributed by atoms with E-state index >= 15 is 0 Å². The highest BCUT2D eigenvalue weighted by atomic mass is 16.6. The average molecular weight is 461 g/mol. The minimum absolute atomic E-state index is 0.0751. The molecule has 0 aliphatic carbocycles. The Kier molecular flexibility index (Phi) is 9.66. The molecule has 0 unspecified atom stereocenters. The number of nitriles is 1. The van der Waals surface area contributed by atoms with Crippen molar-refractivity contribution in [2.75, 3.05) is 24.7 Å². The Morgan fingerprint density at radius 2 is 1.76 bits per heavy atom. The van der Waals surface area contributed by atoms with Crippen LogP contribution in [0.3, 0.4) is 0 Å². The Morgan fingerprint density at radius 3 is 2.29 bits per heavy atom. The molecule has 1 N–H and O–H groups in total. The SMILES string of the molecule is C=Cc1ccc(CN(CC)c2ccc(C=C(C#N)C(=O)OCCOC(=O)C(=C)C)c(O)c2)cc1. The smallest absolute Gasteiger partial charge is 0.349 e. The second-order valence-electron chi connectivity index (χ2n) is 7.42. The van der Waals surface area contributed by atoms with Gasteiger partial charge < -0.3 is 19.5 Å². The largest absolute Gasteiger partial charge is 0.507 e. The number of anilines is 1. The van der Waals surface area contributed by atoms with Crippen molar-refractivity contribution in [3.8, 4) is 11.8 Å². The molecule has 0 fully saturated rings. The maximum Gasteiger partial charge on any atom is 0.349 e. The highest BCUT2D eigenvalue weighted by molar-refractivity contribution is 5.98. The van der Waals surface area contributed by atoms with Gasteiger partial charge in [0.2, 0.25) is 0 Å². The number of rotatable bonds is 11. The van der Waals surface area contributed by atoms with Gasteiger partial charge in [0.15, 0.2) is 0 Å². The first-order valence-electron chi connectivity index (χ1n) is 10.7. The van der Waals surface area contributed by atoms with Crippen molar-refractivity contribution in [2.45, 2.75) is 20.4 Å². The number of aromatic hydroxyl groups is 1. The fourth-order valence-corrected chi connectivity index (χ4v) is 2.98. The Bertz CT molecular complexity index is 1130. The van der Waals surface area contributed by atoms with Crippen molar-refractivity contribution >= 4 is 29.8 Å². The molecule has 7 heteroatoms. The van der Waals surface area contributed by atoms with Crippen molar-refractivity contribution in [3.63, 3.8) is 0 Å². The lowest BCUT2D eigenvalue weighted by molar-refractivity contribution is -0.147. The number of phenolic OH excluding ortho intramolecular Hbond substituents is 1. The summed E-state index contributed by atoms with van der Waals surface area (Å²) in [5, 5.41) is 19.9. The highest BCUT2D eigenvalue weighted by Crippen LogP contribution is 2.28. The van der Waals surface area contributed by atoms with Gasteiger partial charge in [-0.2, -0.15) is 5.26 Å². The minimum Gasteiger partial charge on any atom is -0.507 e. The number of benzene rings is 2. The molecule has 7 nitrogen and oxygen atoms in total. The summed E-state index contributed by atoms with van der Waals surface area (Å²) >= 11 is 0. The van der Waals surface area contributed by atoms with Gasteiger partial charge in [0.25, 0.3) is 0 Å². The molecule has 0 heterocycles. The van der Waals surface area contributed by atoms with Crippen molar-refractivity contribution in [3.05, 3.63) is 83.5 Å². The number of hydrogen-bond donors (Lipinski definition) is 1. The molecule has 2 aromatic rings. The van der Waals surface area contributed by atoms with E-state index in [4.69, 9.17) is 9.47 Å². The first-order valence-corrected chi connectivity index (χ1v) is 10.7. The van der Waals surface area contributed by atoms with Crippen LogP contribution in [-0.2, 0) is 25.6 Å². The summed E-state index contributed by atoms with van der Waals surface area (Å²) in [5.41, 5.74) is 3.20. The molecule has 0 atom stereocenters. The molecular formula is C27H28N2O5. The van der Waals surface area contributed by atoms with E-state index in [0.717, 1.165) is 16.8 Å². The summed E-state index contributed by atoms with van der Waals surface area (Å²) in [6.07, 6.45) is 3.04. The van der Waals surface area contributed by atoms with E-state index in [1.807, 2.05) is 37.3 Å². The van der Waals surface area contributed by atoms with Crippen LogP contribution in [0.4, 0.5) is 5.69 Å². The van der Waals surface area contributed by atoms with Gasteiger partial charge in [-0.3, -0.25) is 0 Å². The zero-order valence-electron chi connectivity index (χ0n) is 19.4. The van der Waals surface area contributed by atoms with Gasteiger partial charge >= 0.3 is 11.9 Å². The van der Waals surface area contributed by atoms with Crippen molar-refractivity contribution in [1.82, 2.24) is 0 Å². The number of ether oxygens (including phenoxy) is 2. The van der Waals surface area contributed by atoms with E-state index in [1.54, 1.807) is 24.3 Å². The maximum atomic E-state index is 12.2. The predicted molar refractivity (Wildman–Crippen MR) is 132 cm³/mol. The van der Waals surface area contributed by atoms with Gasteiger partial charge in [-0.1, -0.05) is 43.5 Å². The Morgan fingerprint density at radius 1 is 1.12 bits per heavy atom. The van der Waals surface area contributed by atoms with Gasteiger partial charge in [-0.15, -0.1) is 0 Å². The lowest BCUT2D eigenvalue weighted by Crippen LogP contribution is -2.21. The molecular weight excluding hydrogens is 432 g/mol. The molecule has 0 aromatic heterocycles. The van der Waals surface area contributed by atoms with E-state index in [0.29, 0.717) is 18.7 Å². The van der Waals surface area contributed by atoms with Crippen LogP contribution in [0.15, 0.2) is 66.8 Å². The number of hydrogen-bond acceptors (Lipinski definition) is 7. The van der Waals surface area contributed by atoms with E-state index in [9.17, 15) is 20.0 Å². The number of carbonyl (C=O) groups is 2. The molecule has 0 saturated carbocycles. The third kappa shape index (κ3) is 7.38. The van der Waals surface area contributed by atoms with Crippen LogP contribution < -0.4 is 4.90 Å². The van der Waals surface area contributed by atoms with Crippen LogP contribution in [0.2, 0.25) is 0 Å². The summed E-state index contributed by atoms with van der Waals surface area (Å²) in [7, 11) is 0. The number of esters is 2. The summed E-state index contributed by atoms with van der Waals surface area (Å²) in [4.78, 5) is 25.6. The average Bonchev–Trinajstić information content (AvgIpc) is 2.84. The topological polar surface area (TPSA) is 99.9 Å². The Balaban J connectivity index is 2.08. The molecule has 34 heavy (non-hydrogen) atoms. The van der Waals surface area contributed by atoms with E-state index < -0.39 is 11.9 Å². The number of nitrogens with zero attached hydrogens (tertiary/aromatic N) is 2. The second kappa shape index (κ2) is 12.7. The Labute approximate surface area is 199 Å². The Hall–Kier alpha value is -4.31. The third-order valence-corrected chi connectivity index (χ3v) is 4.89. The molecule has 0 aliphatic rings. The van der Waals surface area contributed by atoms with Crippen molar-refractivity contribution in [1.29, 1.82) is 5.26 Å². The lowest BCUT2D eigenvalue weighted by Gasteiger charge is -2.24. The van der Waals surface area contributed by atoms with Crippen molar-refractivity contribution < 1.29 is 24.2 Å². The fourth-order valence-electron chi connectivity index (χ4n) is 2.98. The van der Waals surface area contributed by atoms with Gasteiger partial charge in [0, 0.05) is 36.0 Å². The third-order valence-electron chi connectivity index (χ3n) is 4.89. The molecule has 0 aliphatic heterocycles. The quantitative estimate of drug-likeness (QED) is 0.226. The fraction of sp³-hybridized carbons (Fsp3) is 0.222. The highest BCUT2D eigenvalue weighted by Gasteiger charge is 2.14. The van der Waals surface area contributed by atoms with Gasteiger partial charge in [0.1, 0.15) is 30.6 Å². The summed E-state index contributed by atoms with van der Waals surface area (Å²) < 4.78 is 9.80. The summed E-state index contributed by atoms with van der Waals surface area (Å²) in [5.74, 6) is -1.54. The normalized spacial score (nSPS) is 10.7. The standard InChI is InChI=1S/C27H28N2O5/c1-5-20-7-9-21(10-8-20)18-29(6-2)24-12-11-22(25(30)16-24)15-23(17-28)27(32)34-14-13-33-26(31)19(3)4/h5,7-12,15-16,30H,1,3,6,13-14,18H2,2,4H3. The first kappa shape index (κ1) is 25.9. The van der Waals surface area contributed by atoms with Crippen LogP contribution in [-0.4, -0.2) is 36.8 Å². The van der Waals surface area contributed by atoms with Crippen molar-refractivity contribution in [2.24, 2.45) is 0 Å². The van der Waals surface area contributed by atoms with E-state index in [2.05, 4.69) is 18.1 Å². The van der Waals surface area contributed by atoms with Crippen LogP contribution in [0.5, 0.6) is 5.75 Å². The zero-order chi connectivity index (χ0) is 25.1. The first-order chi connectivity index (χ1) is 16.3. The number of carbonyl (C=O) groups excluding carboxylic acids is 2. The minimum atomic E-state index is -0.879. The van der Waals surface area contributed by atoms with Gasteiger partial charge in [0.05, 0.1) is 0 Å². The molecule has 2 rings (SSSR count). The van der Waals surface area contributed by atoms with Crippen LogP contribution in [0, 0.1) is 11.3 Å². The monoisotopic (exact) mass is 460 g/mol. The molecule has 2 aromatic carbocycles. The van der Waals surface area contributed by atoms with Gasteiger partial charge in [-0.05, 0) is 43.2 Å². The lowest BCUT2D eigenvalue weighted by atomic mass is 10.1. The van der Waals surface area contributed by atoms with E-state index in [-0.39, 0.29) is 30.1 Å². The molecule has 0 saturated heterocycles. The van der Waals surface area contributed by atoms with Crippen LogP contribution in [0.25, 0.3) is 12.2 Å². The second-order valence-corrected chi connectivity index (χ2v) is 7.42. The molecule has 0 amide bonds. The van der Waals surface area contributed by atoms with E-state index in [1.165, 1.54) is 13.0 Å². The van der Waals surface area contributed by atoms with Gasteiger partial charge in [-0.25, -0.2) is 9.59 Å². The zero-order valence-corrected chi connectivity index (χ0v) is 19.4. The van der Waals surface area contributed by atoms with Crippen LogP contribution >= 0.6 is 0 Å². The van der Waals surface area contributed by atoms with Crippen LogP contribution in [0.1, 0.15) is 30.5 Å². The maximum absolute atomic E-state index is 12.2. The molecule has 0 spiro atoms. The molecule has 176 valence electrons. The summed E-state index contributed by atoms with van der Waals surface area (Å²) in [6, 6.07) is 14.8. The molecule has 0 radical (unpaired) electrons. The predicted octanol–water partition coefficient (Wildman–Crippen LogP) is 4.63. The number of phenols is 1. The molecule has 0 bridgehead atoms.